The molecule has 2 N–H and O–H groups in total. The molecule has 0 aliphatic heterocycles. The Morgan fingerprint density at radius 1 is 1.11 bits per heavy atom. The minimum Gasteiger partial charge on any atom is -0.464 e. The highest BCUT2D eigenvalue weighted by molar-refractivity contribution is 5.35. The Balaban J connectivity index is 2.45. The quantitative estimate of drug-likeness (QED) is 0.670. The molecule has 1 aromatic heterocycles. The number of ether oxygens (including phenoxy) is 1. The topological polar surface area (TPSA) is 72.0 Å². The molecule has 0 unspecified atom stereocenters. The Morgan fingerprint density at radius 3 is 2.47 bits per heavy atom. The van der Waals surface area contributed by atoms with Crippen molar-refractivity contribution in [3.8, 4) is 6.01 Å². The zero-order valence-electron chi connectivity index (χ0n) is 12.4. The van der Waals surface area contributed by atoms with Gasteiger partial charge < -0.3 is 15.4 Å². The number of aromatic nitrogens is 3. The van der Waals surface area contributed by atoms with Crippen LogP contribution in [0.25, 0.3) is 0 Å². The highest BCUT2D eigenvalue weighted by Gasteiger charge is 2.05. The minimum absolute atomic E-state index is 0.353. The van der Waals surface area contributed by atoms with Crippen molar-refractivity contribution in [1.82, 2.24) is 15.0 Å². The average molecular weight is 267 g/mol. The molecule has 0 radical (unpaired) electrons. The maximum Gasteiger partial charge on any atom is 0.323 e. The molecule has 6 nitrogen and oxygen atoms in total. The van der Waals surface area contributed by atoms with Crippen LogP contribution < -0.4 is 15.4 Å². The fraction of sp³-hybridized carbons (Fsp3) is 0.769. The van der Waals surface area contributed by atoms with E-state index in [1.807, 2.05) is 6.92 Å². The lowest BCUT2D eigenvalue weighted by Crippen LogP contribution is -2.10. The van der Waals surface area contributed by atoms with Gasteiger partial charge in [0.1, 0.15) is 0 Å². The van der Waals surface area contributed by atoms with Gasteiger partial charge in [0.15, 0.2) is 0 Å². The van der Waals surface area contributed by atoms with Crippen LogP contribution in [-0.4, -0.2) is 35.2 Å². The van der Waals surface area contributed by atoms with Crippen molar-refractivity contribution in [3.63, 3.8) is 0 Å². The molecule has 0 saturated carbocycles. The predicted octanol–water partition coefficient (Wildman–Crippen LogP) is 2.55. The summed E-state index contributed by atoms with van der Waals surface area (Å²) >= 11 is 0. The maximum absolute atomic E-state index is 5.31. The zero-order chi connectivity index (χ0) is 14.1. The molecular formula is C13H25N5O. The van der Waals surface area contributed by atoms with Crippen LogP contribution >= 0.6 is 0 Å². The Morgan fingerprint density at radius 2 is 1.84 bits per heavy atom. The summed E-state index contributed by atoms with van der Waals surface area (Å²) in [5.41, 5.74) is 0. The Labute approximate surface area is 115 Å². The van der Waals surface area contributed by atoms with Crippen molar-refractivity contribution in [2.75, 3.05) is 30.8 Å². The van der Waals surface area contributed by atoms with Gasteiger partial charge in [-0.25, -0.2) is 0 Å². The molecular weight excluding hydrogens is 242 g/mol. The lowest BCUT2D eigenvalue weighted by atomic mass is 10.1. The molecule has 0 bridgehead atoms. The number of unbranched alkanes of at least 4 members (excludes halogenated alkanes) is 1. The van der Waals surface area contributed by atoms with E-state index in [-0.39, 0.29) is 0 Å². The van der Waals surface area contributed by atoms with E-state index in [1.54, 1.807) is 7.05 Å². The number of nitrogens with one attached hydrogen (secondary N) is 2. The van der Waals surface area contributed by atoms with Crippen LogP contribution in [0.2, 0.25) is 0 Å². The monoisotopic (exact) mass is 267 g/mol. The molecule has 0 saturated heterocycles. The van der Waals surface area contributed by atoms with E-state index >= 15 is 0 Å². The van der Waals surface area contributed by atoms with Gasteiger partial charge in [-0.2, -0.15) is 15.0 Å². The Bertz CT molecular complexity index is 370. The molecule has 108 valence electrons. The van der Waals surface area contributed by atoms with E-state index < -0.39 is 0 Å². The van der Waals surface area contributed by atoms with Crippen molar-refractivity contribution in [3.05, 3.63) is 0 Å². The van der Waals surface area contributed by atoms with Gasteiger partial charge >= 0.3 is 6.01 Å². The molecule has 0 aromatic carbocycles. The van der Waals surface area contributed by atoms with Crippen LogP contribution in [-0.2, 0) is 0 Å². The second-order valence-electron chi connectivity index (χ2n) is 4.76. The number of anilines is 2. The SMILES string of the molecule is CCOc1nc(NC)nc(NCCCCC(C)C)n1. The van der Waals surface area contributed by atoms with Gasteiger partial charge in [-0.15, -0.1) is 0 Å². The summed E-state index contributed by atoms with van der Waals surface area (Å²) in [6, 6.07) is 0.353. The third-order valence-electron chi connectivity index (χ3n) is 2.60. The lowest BCUT2D eigenvalue weighted by Gasteiger charge is -2.09. The first kappa shape index (κ1) is 15.5. The van der Waals surface area contributed by atoms with Crippen molar-refractivity contribution >= 4 is 11.9 Å². The third-order valence-corrected chi connectivity index (χ3v) is 2.60. The van der Waals surface area contributed by atoms with Crippen LogP contribution in [0, 0.1) is 5.92 Å². The third kappa shape index (κ3) is 6.22. The molecule has 0 aliphatic rings. The van der Waals surface area contributed by atoms with Crippen LogP contribution in [0.5, 0.6) is 6.01 Å². The van der Waals surface area contributed by atoms with E-state index in [4.69, 9.17) is 4.74 Å². The van der Waals surface area contributed by atoms with Crippen molar-refractivity contribution in [2.24, 2.45) is 5.92 Å². The van der Waals surface area contributed by atoms with Gasteiger partial charge in [0.25, 0.3) is 0 Å². The molecule has 1 heterocycles. The number of nitrogens with zero attached hydrogens (tertiary/aromatic N) is 3. The predicted molar refractivity (Wildman–Crippen MR) is 77.7 cm³/mol. The van der Waals surface area contributed by atoms with Crippen LogP contribution in [0.3, 0.4) is 0 Å². The average Bonchev–Trinajstić information content (AvgIpc) is 2.38. The summed E-state index contributed by atoms with van der Waals surface area (Å²) in [4.78, 5) is 12.6. The summed E-state index contributed by atoms with van der Waals surface area (Å²) in [5, 5.41) is 6.11. The first-order chi connectivity index (χ1) is 9.15. The van der Waals surface area contributed by atoms with Crippen molar-refractivity contribution in [2.45, 2.75) is 40.0 Å². The molecule has 0 atom stereocenters. The first-order valence-corrected chi connectivity index (χ1v) is 6.96. The fourth-order valence-corrected chi connectivity index (χ4v) is 1.62. The van der Waals surface area contributed by atoms with E-state index in [0.29, 0.717) is 24.5 Å². The molecule has 0 spiro atoms. The summed E-state index contributed by atoms with van der Waals surface area (Å²) in [7, 11) is 1.78. The van der Waals surface area contributed by atoms with E-state index in [9.17, 15) is 0 Å². The molecule has 0 aliphatic carbocycles. The summed E-state index contributed by atoms with van der Waals surface area (Å²) in [5.74, 6) is 1.84. The number of rotatable bonds is 9. The van der Waals surface area contributed by atoms with E-state index in [1.165, 1.54) is 12.8 Å². The van der Waals surface area contributed by atoms with Gasteiger partial charge in [-0.1, -0.05) is 26.7 Å². The molecule has 1 rings (SSSR count). The Hall–Kier alpha value is -1.59. The maximum atomic E-state index is 5.31. The summed E-state index contributed by atoms with van der Waals surface area (Å²) in [6.45, 7) is 7.80. The normalized spacial score (nSPS) is 10.6. The molecule has 0 amide bonds. The molecule has 1 aromatic rings. The van der Waals surface area contributed by atoms with Gasteiger partial charge in [-0.3, -0.25) is 0 Å². The van der Waals surface area contributed by atoms with E-state index in [0.717, 1.165) is 18.9 Å². The lowest BCUT2D eigenvalue weighted by molar-refractivity contribution is 0.312. The van der Waals surface area contributed by atoms with Crippen LogP contribution in [0.15, 0.2) is 0 Å². The summed E-state index contributed by atoms with van der Waals surface area (Å²) < 4.78 is 5.31. The second-order valence-corrected chi connectivity index (χ2v) is 4.76. The minimum atomic E-state index is 0.353. The zero-order valence-corrected chi connectivity index (χ0v) is 12.4. The van der Waals surface area contributed by atoms with Crippen LogP contribution in [0.4, 0.5) is 11.9 Å². The van der Waals surface area contributed by atoms with Gasteiger partial charge in [0, 0.05) is 13.6 Å². The first-order valence-electron chi connectivity index (χ1n) is 6.96. The molecule has 6 heteroatoms. The van der Waals surface area contributed by atoms with Crippen molar-refractivity contribution < 1.29 is 4.74 Å². The highest BCUT2D eigenvalue weighted by atomic mass is 16.5. The smallest absolute Gasteiger partial charge is 0.323 e. The van der Waals surface area contributed by atoms with Gasteiger partial charge in [-0.05, 0) is 19.3 Å². The second kappa shape index (κ2) is 8.50. The van der Waals surface area contributed by atoms with Gasteiger partial charge in [0.2, 0.25) is 11.9 Å². The van der Waals surface area contributed by atoms with Crippen molar-refractivity contribution in [1.29, 1.82) is 0 Å². The molecule has 0 fully saturated rings. The largest absolute Gasteiger partial charge is 0.464 e. The highest BCUT2D eigenvalue weighted by Crippen LogP contribution is 2.11. The molecule has 19 heavy (non-hydrogen) atoms. The fourth-order valence-electron chi connectivity index (χ4n) is 1.62. The summed E-state index contributed by atoms with van der Waals surface area (Å²) in [6.07, 6.45) is 3.58. The number of hydrogen-bond acceptors (Lipinski definition) is 6. The van der Waals surface area contributed by atoms with Gasteiger partial charge in [0.05, 0.1) is 6.61 Å². The number of hydrogen-bond donors (Lipinski definition) is 2. The van der Waals surface area contributed by atoms with Crippen LogP contribution in [0.1, 0.15) is 40.0 Å². The Kier molecular flexibility index (Phi) is 6.92. The van der Waals surface area contributed by atoms with E-state index in [2.05, 4.69) is 39.4 Å². The standard InChI is InChI=1S/C13H25N5O/c1-5-19-13-17-11(14-4)16-12(18-13)15-9-7-6-8-10(2)3/h10H,5-9H2,1-4H3,(H2,14,15,16,17,18).